The van der Waals surface area contributed by atoms with Gasteiger partial charge in [-0.05, 0) is 13.8 Å². The van der Waals surface area contributed by atoms with Gasteiger partial charge in [-0.2, -0.15) is 9.78 Å². The number of carbonyl (C=O) groups is 1. The first-order valence-corrected chi connectivity index (χ1v) is 5.49. The lowest BCUT2D eigenvalue weighted by Gasteiger charge is -2.03. The Morgan fingerprint density at radius 2 is 2.26 bits per heavy atom. The first kappa shape index (κ1) is 12.7. The van der Waals surface area contributed by atoms with Crippen molar-refractivity contribution in [2.24, 2.45) is 0 Å². The van der Waals surface area contributed by atoms with Crippen LogP contribution in [0.15, 0.2) is 11.0 Å². The number of aryl methyl sites for hydroxylation is 1. The van der Waals surface area contributed by atoms with Crippen molar-refractivity contribution >= 4 is 11.8 Å². The molecule has 9 nitrogen and oxygen atoms in total. The molecule has 19 heavy (non-hydrogen) atoms. The molecule has 0 aliphatic rings. The normalized spacial score (nSPS) is 10.4. The average molecular weight is 264 g/mol. The summed E-state index contributed by atoms with van der Waals surface area (Å²) in [6.45, 7) is 3.43. The Bertz CT molecular complexity index is 674. The number of rotatable bonds is 3. The van der Waals surface area contributed by atoms with Crippen LogP contribution in [-0.4, -0.2) is 37.5 Å². The minimum atomic E-state index is -0.589. The number of ether oxygens (including phenoxy) is 1. The van der Waals surface area contributed by atoms with Crippen molar-refractivity contribution < 1.29 is 9.53 Å². The fourth-order valence-corrected chi connectivity index (χ4v) is 1.37. The van der Waals surface area contributed by atoms with E-state index in [4.69, 9.17) is 10.5 Å². The molecule has 0 amide bonds. The third-order valence-electron chi connectivity index (χ3n) is 2.35. The summed E-state index contributed by atoms with van der Waals surface area (Å²) in [6.07, 6.45) is 1.24. The lowest BCUT2D eigenvalue weighted by atomic mass is 10.3. The topological polar surface area (TPSA) is 129 Å². The Hall–Kier alpha value is -2.71. The number of nitrogens with zero attached hydrogens (tertiary/aromatic N) is 4. The number of aromatic amines is 1. The average Bonchev–Trinajstić information content (AvgIpc) is 2.75. The van der Waals surface area contributed by atoms with Gasteiger partial charge in [0.05, 0.1) is 12.8 Å². The van der Waals surface area contributed by atoms with Gasteiger partial charge in [0.25, 0.3) is 11.5 Å². The van der Waals surface area contributed by atoms with Gasteiger partial charge in [0, 0.05) is 0 Å². The number of aromatic nitrogens is 5. The van der Waals surface area contributed by atoms with Crippen LogP contribution in [0.5, 0.6) is 0 Å². The number of nitrogens with one attached hydrogen (secondary N) is 1. The second-order valence-electron chi connectivity index (χ2n) is 3.64. The fourth-order valence-electron chi connectivity index (χ4n) is 1.37. The number of nitrogens with two attached hydrogens (primary N) is 1. The zero-order chi connectivity index (χ0) is 14.0. The highest BCUT2D eigenvalue weighted by Crippen LogP contribution is 2.14. The smallest absolute Gasteiger partial charge is 0.343 e. The molecule has 0 aliphatic heterocycles. The van der Waals surface area contributed by atoms with Gasteiger partial charge in [0.1, 0.15) is 17.1 Å². The van der Waals surface area contributed by atoms with Crippen LogP contribution < -0.4 is 11.3 Å². The monoisotopic (exact) mass is 264 g/mol. The van der Waals surface area contributed by atoms with Crippen molar-refractivity contribution in [2.75, 3.05) is 12.3 Å². The summed E-state index contributed by atoms with van der Waals surface area (Å²) in [4.78, 5) is 25.5. The molecule has 0 atom stereocenters. The number of nitrogen functional groups attached to an aromatic ring is 1. The second kappa shape index (κ2) is 4.88. The van der Waals surface area contributed by atoms with Gasteiger partial charge >= 0.3 is 5.97 Å². The number of hydrogen-bond donors (Lipinski definition) is 2. The molecule has 2 aromatic rings. The van der Waals surface area contributed by atoms with E-state index in [2.05, 4.69) is 20.3 Å². The molecule has 2 rings (SSSR count). The van der Waals surface area contributed by atoms with E-state index in [-0.39, 0.29) is 29.6 Å². The van der Waals surface area contributed by atoms with E-state index in [1.54, 1.807) is 6.92 Å². The molecule has 9 heteroatoms. The van der Waals surface area contributed by atoms with Crippen LogP contribution in [0.25, 0.3) is 5.95 Å². The Morgan fingerprint density at radius 3 is 2.89 bits per heavy atom. The minimum Gasteiger partial charge on any atom is -0.462 e. The molecule has 0 bridgehead atoms. The first-order valence-electron chi connectivity index (χ1n) is 5.49. The molecule has 100 valence electrons. The quantitative estimate of drug-likeness (QED) is 0.709. The summed E-state index contributed by atoms with van der Waals surface area (Å²) in [5, 5.41) is 11.3. The van der Waals surface area contributed by atoms with Crippen molar-refractivity contribution in [3.8, 4) is 5.95 Å². The van der Waals surface area contributed by atoms with Crippen molar-refractivity contribution in [3.05, 3.63) is 27.8 Å². The largest absolute Gasteiger partial charge is 0.462 e. The van der Waals surface area contributed by atoms with Crippen LogP contribution in [0, 0.1) is 6.92 Å². The van der Waals surface area contributed by atoms with Crippen LogP contribution in [0.2, 0.25) is 0 Å². The van der Waals surface area contributed by atoms with E-state index in [1.807, 2.05) is 0 Å². The van der Waals surface area contributed by atoms with E-state index in [1.165, 1.54) is 13.1 Å². The maximum atomic E-state index is 11.6. The fraction of sp³-hybridized carbons (Fsp3) is 0.300. The summed E-state index contributed by atoms with van der Waals surface area (Å²) < 4.78 is 5.93. The molecular formula is C10H12N6O3. The molecule has 2 heterocycles. The summed E-state index contributed by atoms with van der Waals surface area (Å²) in [5.41, 5.74) is 5.68. The predicted molar refractivity (Wildman–Crippen MR) is 64.9 cm³/mol. The Morgan fingerprint density at radius 1 is 1.53 bits per heavy atom. The molecule has 0 fully saturated rings. The van der Waals surface area contributed by atoms with Crippen LogP contribution in [0.4, 0.5) is 5.82 Å². The minimum absolute atomic E-state index is 0.0206. The van der Waals surface area contributed by atoms with Gasteiger partial charge in [-0.25, -0.2) is 4.79 Å². The molecule has 3 N–H and O–H groups in total. The number of esters is 1. The molecule has 0 unspecified atom stereocenters. The van der Waals surface area contributed by atoms with E-state index in [0.29, 0.717) is 0 Å². The number of anilines is 1. The molecule has 0 saturated carbocycles. The van der Waals surface area contributed by atoms with Gasteiger partial charge in [-0.3, -0.25) is 9.78 Å². The summed E-state index contributed by atoms with van der Waals surface area (Å²) in [7, 11) is 0. The lowest BCUT2D eigenvalue weighted by molar-refractivity contribution is 0.0527. The lowest BCUT2D eigenvalue weighted by Crippen LogP contribution is -2.19. The molecule has 0 saturated heterocycles. The van der Waals surface area contributed by atoms with Gasteiger partial charge in [-0.1, -0.05) is 0 Å². The summed E-state index contributed by atoms with van der Waals surface area (Å²) >= 11 is 0. The van der Waals surface area contributed by atoms with Crippen LogP contribution >= 0.6 is 0 Å². The van der Waals surface area contributed by atoms with E-state index >= 15 is 0 Å². The molecule has 2 aromatic heterocycles. The van der Waals surface area contributed by atoms with Gasteiger partial charge in [0.15, 0.2) is 0 Å². The Kier molecular flexibility index (Phi) is 3.27. The molecule has 0 radical (unpaired) electrons. The highest BCUT2D eigenvalue weighted by atomic mass is 16.5. The van der Waals surface area contributed by atoms with Crippen molar-refractivity contribution in [2.45, 2.75) is 13.8 Å². The maximum Gasteiger partial charge on any atom is 0.343 e. The van der Waals surface area contributed by atoms with Gasteiger partial charge in [-0.15, -0.1) is 10.2 Å². The third kappa shape index (κ3) is 2.30. The van der Waals surface area contributed by atoms with E-state index in [0.717, 1.165) is 4.68 Å². The second-order valence-corrected chi connectivity index (χ2v) is 3.64. The zero-order valence-corrected chi connectivity index (χ0v) is 10.4. The van der Waals surface area contributed by atoms with E-state index in [9.17, 15) is 9.59 Å². The molecule has 0 spiro atoms. The van der Waals surface area contributed by atoms with Gasteiger partial charge in [0.2, 0.25) is 0 Å². The summed E-state index contributed by atoms with van der Waals surface area (Å²) in [6, 6.07) is 0. The maximum absolute atomic E-state index is 11.6. The van der Waals surface area contributed by atoms with E-state index < -0.39 is 11.5 Å². The van der Waals surface area contributed by atoms with Crippen LogP contribution in [0.3, 0.4) is 0 Å². The van der Waals surface area contributed by atoms with Gasteiger partial charge < -0.3 is 10.5 Å². The first-order chi connectivity index (χ1) is 9.04. The SMILES string of the molecule is CCOC(=O)c1cnn(-c2nnc(C)c(=O)[nH]2)c1N. The summed E-state index contributed by atoms with van der Waals surface area (Å²) in [5.74, 6) is -0.537. The molecule has 0 aliphatic carbocycles. The Labute approximate surface area is 107 Å². The highest BCUT2D eigenvalue weighted by Gasteiger charge is 2.18. The van der Waals surface area contributed by atoms with Crippen molar-refractivity contribution in [1.29, 1.82) is 0 Å². The number of H-pyrrole nitrogens is 1. The van der Waals surface area contributed by atoms with Crippen LogP contribution in [-0.2, 0) is 4.74 Å². The van der Waals surface area contributed by atoms with Crippen LogP contribution in [0.1, 0.15) is 23.0 Å². The third-order valence-corrected chi connectivity index (χ3v) is 2.35. The number of carbonyl (C=O) groups excluding carboxylic acids is 1. The number of hydrogen-bond acceptors (Lipinski definition) is 7. The highest BCUT2D eigenvalue weighted by molar-refractivity contribution is 5.94. The molecular weight excluding hydrogens is 252 g/mol. The molecule has 0 aromatic carbocycles. The standard InChI is InChI=1S/C10H12N6O3/c1-3-19-9(18)6-4-12-16(7(6)11)10-13-8(17)5(2)14-15-10/h4H,3,11H2,1-2H3,(H,13,15,17). The Balaban J connectivity index is 2.44. The van der Waals surface area contributed by atoms with Crippen molar-refractivity contribution in [1.82, 2.24) is 25.0 Å². The van der Waals surface area contributed by atoms with Crippen molar-refractivity contribution in [3.63, 3.8) is 0 Å². The predicted octanol–water partition coefficient (Wildman–Crippen LogP) is -0.582. The zero-order valence-electron chi connectivity index (χ0n) is 10.4.